The van der Waals surface area contributed by atoms with E-state index in [0.29, 0.717) is 0 Å². The third-order valence-corrected chi connectivity index (χ3v) is 10.9. The van der Waals surface area contributed by atoms with E-state index in [2.05, 4.69) is 191 Å². The first-order chi connectivity index (χ1) is 24.3. The maximum absolute atomic E-state index is 2.41. The Morgan fingerprint density at radius 1 is 0.449 bits per heavy atom. The van der Waals surface area contributed by atoms with Gasteiger partial charge < -0.3 is 9.47 Å². The number of nitrogens with zero attached hydrogens (tertiary/aromatic N) is 2. The van der Waals surface area contributed by atoms with Gasteiger partial charge in [-0.25, -0.2) is 0 Å². The lowest BCUT2D eigenvalue weighted by Crippen LogP contribution is -2.11. The van der Waals surface area contributed by atoms with Gasteiger partial charge in [0.1, 0.15) is 0 Å². The number of anilines is 3. The van der Waals surface area contributed by atoms with Crippen molar-refractivity contribution in [3.05, 3.63) is 182 Å². The van der Waals surface area contributed by atoms with Gasteiger partial charge in [-0.15, -0.1) is 11.3 Å². The molecule has 2 aromatic heterocycles. The number of aromatic nitrogens is 1. The van der Waals surface area contributed by atoms with Gasteiger partial charge in [0.2, 0.25) is 0 Å². The molecule has 0 spiro atoms. The van der Waals surface area contributed by atoms with E-state index in [4.69, 9.17) is 0 Å². The molecule has 0 radical (unpaired) electrons. The van der Waals surface area contributed by atoms with Gasteiger partial charge in [0.15, 0.2) is 0 Å². The minimum atomic E-state index is 1.11. The summed E-state index contributed by atoms with van der Waals surface area (Å²) in [5.41, 5.74) is 9.38. The normalized spacial score (nSPS) is 11.7. The summed E-state index contributed by atoms with van der Waals surface area (Å²) in [4.78, 5) is 2.40. The number of benzene rings is 8. The molecule has 2 nitrogen and oxygen atoms in total. The molecular weight excluding hydrogens is 613 g/mol. The molecule has 2 heterocycles. The number of hydrogen-bond acceptors (Lipinski definition) is 2. The van der Waals surface area contributed by atoms with Crippen LogP contribution in [0.25, 0.3) is 69.6 Å². The Balaban J connectivity index is 1.16. The zero-order chi connectivity index (χ0) is 32.3. The quantitative estimate of drug-likeness (QED) is 0.181. The van der Waals surface area contributed by atoms with Crippen LogP contribution in [0.2, 0.25) is 0 Å². The standard InChI is InChI=1S/C46H30N2S/c1-3-15-34(16-4-1)47(43-24-12-21-39-38-19-9-10-23-42(38)48(45(39)43)35-17-5-2-6-18-35)36-27-25-31(26-28-36)37-20-11-22-40-41-29-32-13-7-8-14-33(32)30-44(41)49-46(37)40/h1-30H. The van der Waals surface area contributed by atoms with Crippen LogP contribution in [0, 0.1) is 0 Å². The molecule has 0 aliphatic carbocycles. The van der Waals surface area contributed by atoms with E-state index in [1.165, 1.54) is 63.9 Å². The highest BCUT2D eigenvalue weighted by atomic mass is 32.1. The van der Waals surface area contributed by atoms with Crippen molar-refractivity contribution in [2.75, 3.05) is 4.90 Å². The number of fused-ring (bicyclic) bond motifs is 7. The molecule has 0 saturated heterocycles. The molecule has 3 heteroatoms. The predicted molar refractivity (Wildman–Crippen MR) is 211 cm³/mol. The minimum absolute atomic E-state index is 1.11. The van der Waals surface area contributed by atoms with Gasteiger partial charge in [-0.05, 0) is 82.6 Å². The SMILES string of the molecule is c1ccc(N(c2ccc(-c3cccc4c3sc3cc5ccccc5cc34)cc2)c2cccc3c4ccccc4n(-c4ccccc4)c23)cc1. The Hall–Kier alpha value is -6.16. The average molecular weight is 643 g/mol. The monoisotopic (exact) mass is 642 g/mol. The third-order valence-electron chi connectivity index (χ3n) is 9.74. The van der Waals surface area contributed by atoms with Crippen LogP contribution < -0.4 is 4.90 Å². The second-order valence-corrected chi connectivity index (χ2v) is 13.6. The maximum atomic E-state index is 2.41. The molecule has 0 bridgehead atoms. The van der Waals surface area contributed by atoms with Crippen molar-refractivity contribution >= 4 is 81.1 Å². The number of hydrogen-bond donors (Lipinski definition) is 0. The summed E-state index contributed by atoms with van der Waals surface area (Å²) in [5.74, 6) is 0. The lowest BCUT2D eigenvalue weighted by Gasteiger charge is -2.27. The van der Waals surface area contributed by atoms with Crippen LogP contribution in [0.1, 0.15) is 0 Å². The molecular formula is C46H30N2S. The van der Waals surface area contributed by atoms with Gasteiger partial charge >= 0.3 is 0 Å². The summed E-state index contributed by atoms with van der Waals surface area (Å²) in [6.45, 7) is 0. The van der Waals surface area contributed by atoms with Crippen LogP contribution in [-0.2, 0) is 0 Å². The fourth-order valence-electron chi connectivity index (χ4n) is 7.53. The highest BCUT2D eigenvalue weighted by Crippen LogP contribution is 2.45. The predicted octanol–water partition coefficient (Wildman–Crippen LogP) is 13.4. The van der Waals surface area contributed by atoms with E-state index in [9.17, 15) is 0 Å². The minimum Gasteiger partial charge on any atom is -0.308 e. The first-order valence-corrected chi connectivity index (χ1v) is 17.5. The molecule has 49 heavy (non-hydrogen) atoms. The second-order valence-electron chi connectivity index (χ2n) is 12.6. The summed E-state index contributed by atoms with van der Waals surface area (Å²) in [7, 11) is 0. The third kappa shape index (κ3) is 4.47. The lowest BCUT2D eigenvalue weighted by atomic mass is 10.0. The van der Waals surface area contributed by atoms with Crippen LogP contribution in [0.4, 0.5) is 17.1 Å². The molecule has 0 amide bonds. The van der Waals surface area contributed by atoms with Crippen molar-refractivity contribution in [1.82, 2.24) is 4.57 Å². The van der Waals surface area contributed by atoms with Crippen molar-refractivity contribution in [2.24, 2.45) is 0 Å². The molecule has 0 unspecified atom stereocenters. The summed E-state index contributed by atoms with van der Waals surface area (Å²) in [6.07, 6.45) is 0. The van der Waals surface area contributed by atoms with Crippen LogP contribution in [-0.4, -0.2) is 4.57 Å². The van der Waals surface area contributed by atoms with Crippen molar-refractivity contribution < 1.29 is 0 Å². The first kappa shape index (κ1) is 27.9. The van der Waals surface area contributed by atoms with Gasteiger partial charge in [0, 0.05) is 48.0 Å². The van der Waals surface area contributed by atoms with Crippen LogP contribution >= 0.6 is 11.3 Å². The smallest absolute Gasteiger partial charge is 0.0782 e. The fraction of sp³-hybridized carbons (Fsp3) is 0. The Morgan fingerprint density at radius 3 is 1.90 bits per heavy atom. The van der Waals surface area contributed by atoms with Gasteiger partial charge in [-0.2, -0.15) is 0 Å². The Kier molecular flexibility index (Phi) is 6.39. The zero-order valence-electron chi connectivity index (χ0n) is 26.6. The molecule has 0 fully saturated rings. The molecule has 10 aromatic rings. The second kappa shape index (κ2) is 11.2. The maximum Gasteiger partial charge on any atom is 0.0782 e. The average Bonchev–Trinajstić information content (AvgIpc) is 3.71. The van der Waals surface area contributed by atoms with E-state index in [-0.39, 0.29) is 0 Å². The molecule has 0 aliphatic heterocycles. The molecule has 8 aromatic carbocycles. The fourth-order valence-corrected chi connectivity index (χ4v) is 8.80. The van der Waals surface area contributed by atoms with Crippen LogP contribution in [0.15, 0.2) is 182 Å². The van der Waals surface area contributed by atoms with Crippen molar-refractivity contribution in [3.8, 4) is 16.8 Å². The highest BCUT2D eigenvalue weighted by molar-refractivity contribution is 7.26. The Bertz CT molecular complexity index is 2810. The number of para-hydroxylation sites is 4. The molecule has 0 atom stereocenters. The summed E-state index contributed by atoms with van der Waals surface area (Å²) in [6, 6.07) is 66.1. The largest absolute Gasteiger partial charge is 0.308 e. The van der Waals surface area contributed by atoms with Gasteiger partial charge in [0.05, 0.1) is 16.7 Å². The molecule has 230 valence electrons. The van der Waals surface area contributed by atoms with Gasteiger partial charge in [0.25, 0.3) is 0 Å². The molecule has 0 aliphatic rings. The summed E-state index contributed by atoms with van der Waals surface area (Å²) < 4.78 is 5.07. The zero-order valence-corrected chi connectivity index (χ0v) is 27.4. The molecule has 0 N–H and O–H groups in total. The molecule has 0 saturated carbocycles. The van der Waals surface area contributed by atoms with E-state index < -0.39 is 0 Å². The highest BCUT2D eigenvalue weighted by Gasteiger charge is 2.21. The first-order valence-electron chi connectivity index (χ1n) is 16.7. The van der Waals surface area contributed by atoms with Gasteiger partial charge in [-0.3, -0.25) is 0 Å². The topological polar surface area (TPSA) is 8.17 Å². The van der Waals surface area contributed by atoms with Crippen LogP contribution in [0.5, 0.6) is 0 Å². The van der Waals surface area contributed by atoms with E-state index in [1.54, 1.807) is 0 Å². The van der Waals surface area contributed by atoms with Crippen molar-refractivity contribution in [1.29, 1.82) is 0 Å². The van der Waals surface area contributed by atoms with Gasteiger partial charge in [-0.1, -0.05) is 121 Å². The van der Waals surface area contributed by atoms with E-state index in [1.807, 2.05) is 11.3 Å². The summed E-state index contributed by atoms with van der Waals surface area (Å²) >= 11 is 1.89. The van der Waals surface area contributed by atoms with Crippen LogP contribution in [0.3, 0.4) is 0 Å². The lowest BCUT2D eigenvalue weighted by molar-refractivity contribution is 1.17. The molecule has 10 rings (SSSR count). The number of rotatable bonds is 5. The van der Waals surface area contributed by atoms with Crippen molar-refractivity contribution in [2.45, 2.75) is 0 Å². The van der Waals surface area contributed by atoms with Crippen molar-refractivity contribution in [3.63, 3.8) is 0 Å². The van der Waals surface area contributed by atoms with E-state index in [0.717, 1.165) is 22.7 Å². The Labute approximate surface area is 288 Å². The number of thiophene rings is 1. The summed E-state index contributed by atoms with van der Waals surface area (Å²) in [5, 5.41) is 7.70. The van der Waals surface area contributed by atoms with E-state index >= 15 is 0 Å². The Morgan fingerprint density at radius 2 is 1.08 bits per heavy atom.